The molecule has 0 aliphatic heterocycles. The van der Waals surface area contributed by atoms with Gasteiger partial charge in [-0.1, -0.05) is 12.1 Å². The van der Waals surface area contributed by atoms with Gasteiger partial charge in [0.15, 0.2) is 0 Å². The summed E-state index contributed by atoms with van der Waals surface area (Å²) in [6.45, 7) is 2.19. The number of hydrogen-bond acceptors (Lipinski definition) is 3. The predicted molar refractivity (Wildman–Crippen MR) is 82.7 cm³/mol. The molecule has 0 amide bonds. The molecular weight excluding hydrogens is 250 g/mol. The van der Waals surface area contributed by atoms with Gasteiger partial charge in [0.1, 0.15) is 11.5 Å². The zero-order chi connectivity index (χ0) is 14.5. The molecule has 1 atom stereocenters. The molecule has 0 bridgehead atoms. The van der Waals surface area contributed by atoms with Gasteiger partial charge in [-0.3, -0.25) is 0 Å². The van der Waals surface area contributed by atoms with Crippen molar-refractivity contribution in [1.82, 2.24) is 0 Å². The fourth-order valence-corrected chi connectivity index (χ4v) is 2.18. The summed E-state index contributed by atoms with van der Waals surface area (Å²) in [6.07, 6.45) is 0.933. The van der Waals surface area contributed by atoms with Crippen LogP contribution in [-0.4, -0.2) is 25.3 Å². The number of nitrogens with zero attached hydrogens (tertiary/aromatic N) is 1. The van der Waals surface area contributed by atoms with Gasteiger partial charge in [-0.25, -0.2) is 0 Å². The first kappa shape index (κ1) is 14.3. The highest BCUT2D eigenvalue weighted by molar-refractivity contribution is 5.49. The molecule has 0 aliphatic rings. The van der Waals surface area contributed by atoms with Crippen LogP contribution in [0.1, 0.15) is 12.5 Å². The van der Waals surface area contributed by atoms with E-state index >= 15 is 0 Å². The molecule has 0 aliphatic carbocycles. The van der Waals surface area contributed by atoms with Crippen molar-refractivity contribution in [3.8, 4) is 11.5 Å². The van der Waals surface area contributed by atoms with Crippen LogP contribution in [0.2, 0.25) is 0 Å². The lowest BCUT2D eigenvalue weighted by molar-refractivity contribution is 0.415. The predicted octanol–water partition coefficient (Wildman–Crippen LogP) is 3.47. The summed E-state index contributed by atoms with van der Waals surface area (Å²) in [6, 6.07) is 15.8. The zero-order valence-electron chi connectivity index (χ0n) is 12.2. The molecule has 0 saturated carbocycles. The van der Waals surface area contributed by atoms with Crippen LogP contribution in [0.4, 0.5) is 5.69 Å². The maximum absolute atomic E-state index is 9.31. The Labute approximate surface area is 120 Å². The Kier molecular flexibility index (Phi) is 4.51. The summed E-state index contributed by atoms with van der Waals surface area (Å²) >= 11 is 0. The van der Waals surface area contributed by atoms with Gasteiger partial charge in [0.2, 0.25) is 0 Å². The molecule has 2 aromatic rings. The topological polar surface area (TPSA) is 32.7 Å². The maximum Gasteiger partial charge on any atom is 0.119 e. The van der Waals surface area contributed by atoms with Crippen LogP contribution < -0.4 is 9.64 Å². The molecule has 1 unspecified atom stereocenters. The van der Waals surface area contributed by atoms with Crippen LogP contribution in [-0.2, 0) is 6.42 Å². The van der Waals surface area contributed by atoms with E-state index in [1.54, 1.807) is 19.2 Å². The van der Waals surface area contributed by atoms with Crippen LogP contribution in [0.25, 0.3) is 0 Å². The first-order chi connectivity index (χ1) is 9.60. The quantitative estimate of drug-likeness (QED) is 0.904. The first-order valence-electron chi connectivity index (χ1n) is 6.75. The number of methoxy groups -OCH3 is 1. The Hall–Kier alpha value is -2.16. The second-order valence-electron chi connectivity index (χ2n) is 5.03. The minimum atomic E-state index is 0.310. The fraction of sp³-hybridized carbons (Fsp3) is 0.294. The minimum Gasteiger partial charge on any atom is -0.508 e. The molecule has 106 valence electrons. The van der Waals surface area contributed by atoms with E-state index in [0.29, 0.717) is 11.8 Å². The van der Waals surface area contributed by atoms with Crippen molar-refractivity contribution in [3.63, 3.8) is 0 Å². The molecule has 3 nitrogen and oxygen atoms in total. The van der Waals surface area contributed by atoms with E-state index in [1.165, 1.54) is 5.56 Å². The molecule has 0 saturated heterocycles. The molecule has 3 heteroatoms. The van der Waals surface area contributed by atoms with Crippen molar-refractivity contribution in [2.24, 2.45) is 0 Å². The number of aromatic hydroxyl groups is 1. The van der Waals surface area contributed by atoms with Gasteiger partial charge in [-0.15, -0.1) is 0 Å². The van der Waals surface area contributed by atoms with E-state index in [2.05, 4.69) is 31.0 Å². The molecule has 1 N–H and O–H groups in total. The average Bonchev–Trinajstić information content (AvgIpc) is 2.49. The lowest BCUT2D eigenvalue weighted by Crippen LogP contribution is -2.30. The normalized spacial score (nSPS) is 11.9. The Morgan fingerprint density at radius 1 is 1.05 bits per heavy atom. The molecule has 2 rings (SSSR count). The van der Waals surface area contributed by atoms with E-state index in [9.17, 15) is 5.11 Å². The molecule has 0 spiro atoms. The highest BCUT2D eigenvalue weighted by atomic mass is 16.5. The lowest BCUT2D eigenvalue weighted by Gasteiger charge is -2.27. The van der Waals surface area contributed by atoms with E-state index in [1.807, 2.05) is 24.3 Å². The van der Waals surface area contributed by atoms with Crippen LogP contribution in [0.15, 0.2) is 48.5 Å². The monoisotopic (exact) mass is 271 g/mol. The Bertz CT molecular complexity index is 534. The van der Waals surface area contributed by atoms with Crippen molar-refractivity contribution in [1.29, 1.82) is 0 Å². The van der Waals surface area contributed by atoms with Crippen LogP contribution in [0.5, 0.6) is 11.5 Å². The summed E-state index contributed by atoms with van der Waals surface area (Å²) in [5.74, 6) is 1.18. The maximum atomic E-state index is 9.31. The van der Waals surface area contributed by atoms with Crippen molar-refractivity contribution < 1.29 is 9.84 Å². The van der Waals surface area contributed by atoms with E-state index in [0.717, 1.165) is 17.9 Å². The largest absolute Gasteiger partial charge is 0.508 e. The number of benzene rings is 2. The third-order valence-corrected chi connectivity index (χ3v) is 3.61. The average molecular weight is 271 g/mol. The summed E-state index contributed by atoms with van der Waals surface area (Å²) in [7, 11) is 3.76. The van der Waals surface area contributed by atoms with Gasteiger partial charge in [0.25, 0.3) is 0 Å². The Morgan fingerprint density at radius 2 is 1.65 bits per heavy atom. The first-order valence-corrected chi connectivity index (χ1v) is 6.75. The summed E-state index contributed by atoms with van der Waals surface area (Å²) in [5.41, 5.74) is 2.38. The van der Waals surface area contributed by atoms with E-state index in [-0.39, 0.29) is 0 Å². The number of ether oxygens (including phenoxy) is 1. The zero-order valence-corrected chi connectivity index (χ0v) is 12.2. The summed E-state index contributed by atoms with van der Waals surface area (Å²) < 4.78 is 5.17. The second-order valence-corrected chi connectivity index (χ2v) is 5.03. The minimum absolute atomic E-state index is 0.310. The van der Waals surface area contributed by atoms with Gasteiger partial charge < -0.3 is 14.7 Å². The molecule has 0 fully saturated rings. The highest BCUT2D eigenvalue weighted by Crippen LogP contribution is 2.21. The third kappa shape index (κ3) is 3.44. The second kappa shape index (κ2) is 6.33. The standard InChI is InChI=1S/C17H21NO2/c1-13(12-14-4-8-16(19)9-5-14)18(2)15-6-10-17(20-3)11-7-15/h4-11,13,19H,12H2,1-3H3. The number of anilines is 1. The number of phenolic OH excluding ortho intramolecular Hbond substituents is 1. The lowest BCUT2D eigenvalue weighted by atomic mass is 10.1. The molecule has 0 radical (unpaired) electrons. The molecule has 0 aromatic heterocycles. The van der Waals surface area contributed by atoms with Crippen molar-refractivity contribution >= 4 is 5.69 Å². The van der Waals surface area contributed by atoms with Gasteiger partial charge in [-0.2, -0.15) is 0 Å². The number of phenols is 1. The number of rotatable bonds is 5. The van der Waals surface area contributed by atoms with Gasteiger partial charge in [0, 0.05) is 18.8 Å². The summed E-state index contributed by atoms with van der Waals surface area (Å²) in [4.78, 5) is 2.24. The van der Waals surface area contributed by atoms with E-state index in [4.69, 9.17) is 4.74 Å². The van der Waals surface area contributed by atoms with Crippen LogP contribution in [0.3, 0.4) is 0 Å². The van der Waals surface area contributed by atoms with Crippen LogP contribution >= 0.6 is 0 Å². The molecule has 20 heavy (non-hydrogen) atoms. The van der Waals surface area contributed by atoms with E-state index < -0.39 is 0 Å². The Morgan fingerprint density at radius 3 is 2.20 bits per heavy atom. The van der Waals surface area contributed by atoms with Crippen LogP contribution in [0, 0.1) is 0 Å². The van der Waals surface area contributed by atoms with Crippen molar-refractivity contribution in [3.05, 3.63) is 54.1 Å². The van der Waals surface area contributed by atoms with Crippen molar-refractivity contribution in [2.75, 3.05) is 19.1 Å². The smallest absolute Gasteiger partial charge is 0.119 e. The fourth-order valence-electron chi connectivity index (χ4n) is 2.18. The Balaban J connectivity index is 2.03. The van der Waals surface area contributed by atoms with Gasteiger partial charge in [-0.05, 0) is 55.3 Å². The van der Waals surface area contributed by atoms with Gasteiger partial charge >= 0.3 is 0 Å². The van der Waals surface area contributed by atoms with Gasteiger partial charge in [0.05, 0.1) is 7.11 Å². The number of likely N-dealkylation sites (N-methyl/N-ethyl adjacent to an activating group) is 1. The third-order valence-electron chi connectivity index (χ3n) is 3.61. The molecular formula is C17H21NO2. The summed E-state index contributed by atoms with van der Waals surface area (Å²) in [5, 5.41) is 9.31. The molecule has 0 heterocycles. The van der Waals surface area contributed by atoms with Crippen molar-refractivity contribution in [2.45, 2.75) is 19.4 Å². The highest BCUT2D eigenvalue weighted by Gasteiger charge is 2.11. The SMILES string of the molecule is COc1ccc(N(C)C(C)Cc2ccc(O)cc2)cc1. The molecule has 2 aromatic carbocycles. The number of hydrogen-bond donors (Lipinski definition) is 1.